The highest BCUT2D eigenvalue weighted by Gasteiger charge is 2.13. The van der Waals surface area contributed by atoms with Gasteiger partial charge in [-0.1, -0.05) is 0 Å². The van der Waals surface area contributed by atoms with Gasteiger partial charge in [0.05, 0.1) is 29.8 Å². The number of hydrogen-bond acceptors (Lipinski definition) is 5. The number of hydrogen-bond donors (Lipinski definition) is 3. The molecule has 1 unspecified atom stereocenters. The molecule has 0 aliphatic carbocycles. The molecule has 1 aromatic rings. The van der Waals surface area contributed by atoms with E-state index in [1.54, 1.807) is 6.92 Å². The van der Waals surface area contributed by atoms with Crippen LogP contribution < -0.4 is 10.6 Å². The van der Waals surface area contributed by atoms with E-state index >= 15 is 0 Å². The van der Waals surface area contributed by atoms with Gasteiger partial charge in [-0.05, 0) is 19.1 Å². The van der Waals surface area contributed by atoms with Gasteiger partial charge in [-0.15, -0.1) is 0 Å². The number of rotatable bonds is 6. The summed E-state index contributed by atoms with van der Waals surface area (Å²) in [6, 6.07) is 1.92. The summed E-state index contributed by atoms with van der Waals surface area (Å²) in [5.41, 5.74) is 0.757. The van der Waals surface area contributed by atoms with Crippen molar-refractivity contribution in [1.29, 1.82) is 0 Å². The Kier molecular flexibility index (Phi) is 5.65. The minimum atomic E-state index is -3.17. The van der Waals surface area contributed by atoms with E-state index < -0.39 is 27.9 Å². The molecule has 0 saturated heterocycles. The number of carbonyl (C=O) groups excluding carboxylic acids is 1. The molecule has 9 heteroatoms. The predicted molar refractivity (Wildman–Crippen MR) is 76.9 cm³/mol. The lowest BCUT2D eigenvalue weighted by molar-refractivity contribution is -0.136. The number of pyridine rings is 1. The van der Waals surface area contributed by atoms with Crippen molar-refractivity contribution in [3.63, 3.8) is 0 Å². The third-order valence-corrected chi connectivity index (χ3v) is 3.45. The van der Waals surface area contributed by atoms with E-state index in [0.717, 1.165) is 6.26 Å². The SMILES string of the molecule is CC(CS(C)(=O)=O)NC(=O)Nc1ccc(CC(=O)O)nc1. The van der Waals surface area contributed by atoms with Crippen LogP contribution in [0.15, 0.2) is 18.3 Å². The highest BCUT2D eigenvalue weighted by Crippen LogP contribution is 2.06. The Labute approximate surface area is 122 Å². The quantitative estimate of drug-likeness (QED) is 0.691. The number of carboxylic acids is 1. The number of carbonyl (C=O) groups is 2. The van der Waals surface area contributed by atoms with Crippen LogP contribution in [0.1, 0.15) is 12.6 Å². The van der Waals surface area contributed by atoms with E-state index in [1.165, 1.54) is 18.3 Å². The number of sulfone groups is 1. The first kappa shape index (κ1) is 16.9. The molecule has 1 rings (SSSR count). The molecule has 8 nitrogen and oxygen atoms in total. The number of anilines is 1. The van der Waals surface area contributed by atoms with Gasteiger partial charge in [-0.2, -0.15) is 0 Å². The van der Waals surface area contributed by atoms with Crippen LogP contribution in [0.25, 0.3) is 0 Å². The van der Waals surface area contributed by atoms with Crippen LogP contribution in [0.2, 0.25) is 0 Å². The average Bonchev–Trinajstić information content (AvgIpc) is 2.28. The molecular formula is C12H17N3O5S. The maximum atomic E-state index is 11.6. The molecule has 0 aromatic carbocycles. The Morgan fingerprint density at radius 2 is 2.05 bits per heavy atom. The second-order valence-corrected chi connectivity index (χ2v) is 6.89. The molecule has 0 fully saturated rings. The minimum absolute atomic E-state index is 0.157. The lowest BCUT2D eigenvalue weighted by Crippen LogP contribution is -2.39. The molecular weight excluding hydrogens is 298 g/mol. The molecule has 0 aliphatic heterocycles. The molecule has 0 radical (unpaired) electrons. The van der Waals surface area contributed by atoms with Gasteiger partial charge in [0.2, 0.25) is 0 Å². The maximum absolute atomic E-state index is 11.6. The topological polar surface area (TPSA) is 125 Å². The first-order valence-corrected chi connectivity index (χ1v) is 8.14. The zero-order chi connectivity index (χ0) is 16.0. The van der Waals surface area contributed by atoms with E-state index in [9.17, 15) is 18.0 Å². The lowest BCUT2D eigenvalue weighted by Gasteiger charge is -2.13. The number of aromatic nitrogens is 1. The zero-order valence-electron chi connectivity index (χ0n) is 11.7. The molecule has 0 bridgehead atoms. The smallest absolute Gasteiger partial charge is 0.319 e. The van der Waals surface area contributed by atoms with Crippen LogP contribution in [0.5, 0.6) is 0 Å². The summed E-state index contributed by atoms with van der Waals surface area (Å²) in [6.45, 7) is 1.58. The summed E-state index contributed by atoms with van der Waals surface area (Å²) in [5, 5.41) is 13.6. The van der Waals surface area contributed by atoms with Gasteiger partial charge in [-0.3, -0.25) is 9.78 Å². The minimum Gasteiger partial charge on any atom is -0.481 e. The van der Waals surface area contributed by atoms with E-state index in [1.807, 2.05) is 0 Å². The standard InChI is InChI=1S/C12H17N3O5S/c1-8(7-21(2,19)20)14-12(18)15-10-4-3-9(13-6-10)5-11(16)17/h3-4,6,8H,5,7H2,1-2H3,(H,16,17)(H2,14,15,18). The van der Waals surface area contributed by atoms with Crippen molar-refractivity contribution >= 4 is 27.5 Å². The third kappa shape index (κ3) is 7.25. The molecule has 3 N–H and O–H groups in total. The first-order valence-electron chi connectivity index (χ1n) is 6.07. The summed E-state index contributed by atoms with van der Waals surface area (Å²) in [4.78, 5) is 26.0. The number of carboxylic acid groups (broad SMARTS) is 1. The Morgan fingerprint density at radius 1 is 1.38 bits per heavy atom. The van der Waals surface area contributed by atoms with Crippen molar-refractivity contribution in [2.75, 3.05) is 17.3 Å². The molecule has 0 spiro atoms. The highest BCUT2D eigenvalue weighted by molar-refractivity contribution is 7.90. The van der Waals surface area contributed by atoms with Crippen LogP contribution in [-0.4, -0.2) is 48.6 Å². The number of amides is 2. The van der Waals surface area contributed by atoms with Crippen LogP contribution in [0.3, 0.4) is 0 Å². The zero-order valence-corrected chi connectivity index (χ0v) is 12.5. The van der Waals surface area contributed by atoms with Crippen molar-refractivity contribution < 1.29 is 23.1 Å². The van der Waals surface area contributed by atoms with Crippen molar-refractivity contribution in [2.24, 2.45) is 0 Å². The van der Waals surface area contributed by atoms with Gasteiger partial charge >= 0.3 is 12.0 Å². The van der Waals surface area contributed by atoms with Crippen molar-refractivity contribution in [2.45, 2.75) is 19.4 Å². The van der Waals surface area contributed by atoms with E-state index in [2.05, 4.69) is 15.6 Å². The van der Waals surface area contributed by atoms with Gasteiger partial charge in [0.15, 0.2) is 0 Å². The van der Waals surface area contributed by atoms with Gasteiger partial charge in [0, 0.05) is 12.3 Å². The van der Waals surface area contributed by atoms with Crippen LogP contribution in [0, 0.1) is 0 Å². The van der Waals surface area contributed by atoms with E-state index in [0.29, 0.717) is 11.4 Å². The number of nitrogens with zero attached hydrogens (tertiary/aromatic N) is 1. The summed E-state index contributed by atoms with van der Waals surface area (Å²) in [5.74, 6) is -1.15. The average molecular weight is 315 g/mol. The number of aliphatic carboxylic acids is 1. The molecule has 2 amide bonds. The van der Waals surface area contributed by atoms with Gasteiger partial charge < -0.3 is 15.7 Å². The predicted octanol–water partition coefficient (Wildman–Crippen LogP) is 0.263. The highest BCUT2D eigenvalue weighted by atomic mass is 32.2. The van der Waals surface area contributed by atoms with Crippen LogP contribution in [-0.2, 0) is 21.1 Å². The Hall–Kier alpha value is -2.16. The summed E-state index contributed by atoms with van der Waals surface area (Å²) in [6.07, 6.45) is 2.23. The second kappa shape index (κ2) is 7.02. The molecule has 0 saturated carbocycles. The Bertz CT molecular complexity index is 612. The van der Waals surface area contributed by atoms with Gasteiger partial charge in [-0.25, -0.2) is 13.2 Å². The van der Waals surface area contributed by atoms with E-state index in [4.69, 9.17) is 5.11 Å². The van der Waals surface area contributed by atoms with Gasteiger partial charge in [0.1, 0.15) is 9.84 Å². The molecule has 1 aromatic heterocycles. The van der Waals surface area contributed by atoms with Crippen LogP contribution in [0.4, 0.5) is 10.5 Å². The molecule has 116 valence electrons. The molecule has 1 atom stereocenters. The van der Waals surface area contributed by atoms with Crippen molar-refractivity contribution in [3.05, 3.63) is 24.0 Å². The summed E-state index contributed by atoms with van der Waals surface area (Å²) >= 11 is 0. The van der Waals surface area contributed by atoms with Crippen molar-refractivity contribution in [1.82, 2.24) is 10.3 Å². The van der Waals surface area contributed by atoms with Gasteiger partial charge in [0.25, 0.3) is 0 Å². The summed E-state index contributed by atoms with van der Waals surface area (Å²) < 4.78 is 22.2. The monoisotopic (exact) mass is 315 g/mol. The molecule has 21 heavy (non-hydrogen) atoms. The fourth-order valence-corrected chi connectivity index (χ4v) is 2.64. The first-order chi connectivity index (χ1) is 9.65. The number of nitrogens with one attached hydrogen (secondary N) is 2. The number of urea groups is 1. The van der Waals surface area contributed by atoms with Crippen molar-refractivity contribution in [3.8, 4) is 0 Å². The van der Waals surface area contributed by atoms with Crippen LogP contribution >= 0.6 is 0 Å². The largest absolute Gasteiger partial charge is 0.481 e. The Morgan fingerprint density at radius 3 is 2.52 bits per heavy atom. The third-order valence-electron chi connectivity index (χ3n) is 2.35. The second-order valence-electron chi connectivity index (χ2n) is 4.70. The molecule has 0 aliphatic rings. The fourth-order valence-electron chi connectivity index (χ4n) is 1.64. The lowest BCUT2D eigenvalue weighted by atomic mass is 10.2. The van der Waals surface area contributed by atoms with E-state index in [-0.39, 0.29) is 12.2 Å². The molecule has 1 heterocycles. The maximum Gasteiger partial charge on any atom is 0.319 e. The Balaban J connectivity index is 2.53. The fraction of sp³-hybridized carbons (Fsp3) is 0.417. The normalized spacial score (nSPS) is 12.5. The summed E-state index contributed by atoms with van der Waals surface area (Å²) in [7, 11) is -3.17.